The molecule has 1 aromatic rings. The van der Waals surface area contributed by atoms with Gasteiger partial charge in [0.25, 0.3) is 0 Å². The molecule has 1 unspecified atom stereocenters. The number of hydrogen-bond acceptors (Lipinski definition) is 1. The fourth-order valence-corrected chi connectivity index (χ4v) is 3.15. The van der Waals surface area contributed by atoms with Crippen LogP contribution < -0.4 is 0 Å². The minimum absolute atomic E-state index is 0.131. The number of rotatable bonds is 1. The predicted octanol–water partition coefficient (Wildman–Crippen LogP) is 3.80. The maximum Gasteiger partial charge on any atom is 0.0884 e. The third-order valence-corrected chi connectivity index (χ3v) is 4.03. The Morgan fingerprint density at radius 3 is 1.88 bits per heavy atom. The van der Waals surface area contributed by atoms with Crippen molar-refractivity contribution in [2.24, 2.45) is 5.41 Å². The van der Waals surface area contributed by atoms with E-state index in [-0.39, 0.29) is 10.8 Å². The summed E-state index contributed by atoms with van der Waals surface area (Å²) >= 11 is 0. The van der Waals surface area contributed by atoms with Gasteiger partial charge in [0.1, 0.15) is 0 Å². The van der Waals surface area contributed by atoms with Crippen LogP contribution in [0.3, 0.4) is 0 Å². The highest BCUT2D eigenvalue weighted by atomic mass is 14.7. The molecule has 1 fully saturated rings. The van der Waals surface area contributed by atoms with Crippen LogP contribution in [0.2, 0.25) is 0 Å². The fourth-order valence-electron chi connectivity index (χ4n) is 3.15. The summed E-state index contributed by atoms with van der Waals surface area (Å²) in [7, 11) is 0. The van der Waals surface area contributed by atoms with E-state index in [1.807, 2.05) is 0 Å². The lowest BCUT2D eigenvalue weighted by atomic mass is 9.83. The maximum atomic E-state index is 9.51. The minimum Gasteiger partial charge on any atom is -0.197 e. The van der Waals surface area contributed by atoms with Crippen LogP contribution in [-0.4, -0.2) is 0 Å². The highest BCUT2D eigenvalue weighted by Crippen LogP contribution is 2.65. The van der Waals surface area contributed by atoms with Crippen molar-refractivity contribution in [3.8, 4) is 6.07 Å². The van der Waals surface area contributed by atoms with Gasteiger partial charge in [-0.2, -0.15) is 5.26 Å². The van der Waals surface area contributed by atoms with Crippen molar-refractivity contribution in [3.05, 3.63) is 34.4 Å². The summed E-state index contributed by atoms with van der Waals surface area (Å²) in [6.45, 7) is 10.7. The molecule has 0 bridgehead atoms. The van der Waals surface area contributed by atoms with E-state index in [1.165, 1.54) is 22.3 Å². The van der Waals surface area contributed by atoms with Crippen molar-refractivity contribution in [1.82, 2.24) is 0 Å². The molecule has 1 saturated carbocycles. The molecule has 0 saturated heterocycles. The number of aryl methyl sites for hydroxylation is 3. The van der Waals surface area contributed by atoms with Gasteiger partial charge in [-0.05, 0) is 49.3 Å². The molecule has 0 aliphatic heterocycles. The third kappa shape index (κ3) is 1.29. The first-order chi connectivity index (χ1) is 7.34. The second kappa shape index (κ2) is 3.10. The quantitative estimate of drug-likeness (QED) is 0.696. The van der Waals surface area contributed by atoms with Crippen LogP contribution in [0.25, 0.3) is 0 Å². The first-order valence-corrected chi connectivity index (χ1v) is 5.84. The van der Waals surface area contributed by atoms with Crippen molar-refractivity contribution in [1.29, 1.82) is 5.26 Å². The smallest absolute Gasteiger partial charge is 0.0884 e. The van der Waals surface area contributed by atoms with Gasteiger partial charge in [0.05, 0.1) is 11.5 Å². The number of benzene rings is 1. The van der Waals surface area contributed by atoms with E-state index in [0.717, 1.165) is 6.42 Å². The summed E-state index contributed by atoms with van der Waals surface area (Å²) in [5.74, 6) is 0. The molecule has 0 radical (unpaired) electrons. The van der Waals surface area contributed by atoms with E-state index in [2.05, 4.69) is 52.8 Å². The van der Waals surface area contributed by atoms with Crippen molar-refractivity contribution in [3.63, 3.8) is 0 Å². The van der Waals surface area contributed by atoms with E-state index < -0.39 is 0 Å². The molecule has 0 spiro atoms. The van der Waals surface area contributed by atoms with Crippen LogP contribution in [0.5, 0.6) is 0 Å². The fraction of sp³-hybridized carbons (Fsp3) is 0.533. The van der Waals surface area contributed by atoms with Crippen molar-refractivity contribution in [2.45, 2.75) is 46.5 Å². The van der Waals surface area contributed by atoms with Gasteiger partial charge in [0.15, 0.2) is 0 Å². The summed E-state index contributed by atoms with van der Waals surface area (Å²) in [5, 5.41) is 9.51. The van der Waals surface area contributed by atoms with E-state index in [1.54, 1.807) is 0 Å². The average Bonchev–Trinajstić information content (AvgIpc) is 2.67. The van der Waals surface area contributed by atoms with E-state index in [9.17, 15) is 5.26 Å². The van der Waals surface area contributed by atoms with Crippen molar-refractivity contribution >= 4 is 0 Å². The Hall–Kier alpha value is -1.29. The van der Waals surface area contributed by atoms with Gasteiger partial charge in [-0.3, -0.25) is 0 Å². The van der Waals surface area contributed by atoms with E-state index in [0.29, 0.717) is 0 Å². The van der Waals surface area contributed by atoms with Crippen molar-refractivity contribution in [2.75, 3.05) is 0 Å². The summed E-state index contributed by atoms with van der Waals surface area (Å²) in [4.78, 5) is 0. The van der Waals surface area contributed by atoms with Gasteiger partial charge in [-0.1, -0.05) is 31.5 Å². The van der Waals surface area contributed by atoms with E-state index >= 15 is 0 Å². The Bertz CT molecular complexity index is 468. The molecule has 2 rings (SSSR count). The molecule has 0 heterocycles. The topological polar surface area (TPSA) is 23.8 Å². The average molecular weight is 213 g/mol. The lowest BCUT2D eigenvalue weighted by Crippen LogP contribution is -2.15. The molecule has 1 atom stereocenters. The molecule has 84 valence electrons. The number of nitriles is 1. The van der Waals surface area contributed by atoms with Gasteiger partial charge in [-0.15, -0.1) is 0 Å². The Morgan fingerprint density at radius 1 is 1.12 bits per heavy atom. The molecular formula is C15H19N. The summed E-state index contributed by atoms with van der Waals surface area (Å²) < 4.78 is 0. The molecule has 0 aromatic heterocycles. The highest BCUT2D eigenvalue weighted by molar-refractivity contribution is 5.53. The molecule has 1 aromatic carbocycles. The standard InChI is InChI=1S/C15H19N/c1-10-6-11(2)13(12(3)7-10)15(9-16)8-14(15,4)5/h6-7H,8H2,1-5H3. The van der Waals surface area contributed by atoms with Gasteiger partial charge in [0.2, 0.25) is 0 Å². The first kappa shape index (κ1) is 11.2. The molecule has 16 heavy (non-hydrogen) atoms. The zero-order valence-electron chi connectivity index (χ0n) is 10.8. The Morgan fingerprint density at radius 2 is 1.56 bits per heavy atom. The molecule has 1 nitrogen and oxygen atoms in total. The first-order valence-electron chi connectivity index (χ1n) is 5.84. The van der Waals surface area contributed by atoms with Crippen LogP contribution in [0, 0.1) is 37.5 Å². The second-order valence-corrected chi connectivity index (χ2v) is 5.85. The Kier molecular flexibility index (Phi) is 2.17. The summed E-state index contributed by atoms with van der Waals surface area (Å²) in [6.07, 6.45) is 0.987. The zero-order valence-corrected chi connectivity index (χ0v) is 10.8. The molecule has 1 aliphatic carbocycles. The molecule has 1 heteroatoms. The monoisotopic (exact) mass is 213 g/mol. The number of nitrogens with zero attached hydrogens (tertiary/aromatic N) is 1. The van der Waals surface area contributed by atoms with Crippen LogP contribution >= 0.6 is 0 Å². The largest absolute Gasteiger partial charge is 0.197 e. The van der Waals surface area contributed by atoms with Gasteiger partial charge >= 0.3 is 0 Å². The second-order valence-electron chi connectivity index (χ2n) is 5.85. The Balaban J connectivity index is 2.63. The van der Waals surface area contributed by atoms with Gasteiger partial charge < -0.3 is 0 Å². The van der Waals surface area contributed by atoms with Crippen LogP contribution in [0.1, 0.15) is 42.5 Å². The van der Waals surface area contributed by atoms with Crippen LogP contribution in [0.15, 0.2) is 12.1 Å². The maximum absolute atomic E-state index is 9.51. The molecule has 0 N–H and O–H groups in total. The molecule has 1 aliphatic rings. The highest BCUT2D eigenvalue weighted by Gasteiger charge is 2.63. The lowest BCUT2D eigenvalue weighted by molar-refractivity contribution is 0.566. The number of hydrogen-bond donors (Lipinski definition) is 0. The summed E-state index contributed by atoms with van der Waals surface area (Å²) in [5.41, 5.74) is 4.98. The SMILES string of the molecule is Cc1cc(C)c(C2(C#N)CC2(C)C)c(C)c1. The van der Waals surface area contributed by atoms with Gasteiger partial charge in [0, 0.05) is 0 Å². The summed E-state index contributed by atoms with van der Waals surface area (Å²) in [6, 6.07) is 6.94. The minimum atomic E-state index is -0.241. The van der Waals surface area contributed by atoms with Crippen LogP contribution in [-0.2, 0) is 5.41 Å². The van der Waals surface area contributed by atoms with Crippen molar-refractivity contribution < 1.29 is 0 Å². The lowest BCUT2D eigenvalue weighted by Gasteiger charge is -2.19. The van der Waals surface area contributed by atoms with Gasteiger partial charge in [-0.25, -0.2) is 0 Å². The molecule has 0 amide bonds. The van der Waals surface area contributed by atoms with Crippen LogP contribution in [0.4, 0.5) is 0 Å². The predicted molar refractivity (Wildman–Crippen MR) is 66.3 cm³/mol. The van der Waals surface area contributed by atoms with E-state index in [4.69, 9.17) is 0 Å². The third-order valence-electron chi connectivity index (χ3n) is 4.03. The Labute approximate surface area is 98.1 Å². The normalized spacial score (nSPS) is 26.2. The molecular weight excluding hydrogens is 194 g/mol. The zero-order chi connectivity index (χ0) is 12.1.